The summed E-state index contributed by atoms with van der Waals surface area (Å²) in [6.07, 6.45) is 8.99. The van der Waals surface area contributed by atoms with Crippen LogP contribution in [0.4, 0.5) is 5.69 Å². The number of carbonyl (C=O) groups is 1. The van der Waals surface area contributed by atoms with E-state index in [1.807, 2.05) is 6.07 Å². The molecular weight excluding hydrogens is 306 g/mol. The van der Waals surface area contributed by atoms with E-state index in [4.69, 9.17) is 5.11 Å². The lowest BCUT2D eigenvalue weighted by atomic mass is 9.96. The van der Waals surface area contributed by atoms with E-state index < -0.39 is 5.97 Å². The highest BCUT2D eigenvalue weighted by atomic mass is 79.9. The largest absolute Gasteiger partial charge is 0.478 e. The van der Waals surface area contributed by atoms with Gasteiger partial charge in [0, 0.05) is 16.2 Å². The number of benzene rings is 1. The molecule has 1 saturated carbocycles. The molecule has 104 valence electrons. The molecule has 3 nitrogen and oxygen atoms in total. The number of hydrogen-bond acceptors (Lipinski definition) is 2. The summed E-state index contributed by atoms with van der Waals surface area (Å²) in [5, 5.41) is 12.5. The number of rotatable bonds is 3. The molecule has 0 spiro atoms. The highest BCUT2D eigenvalue weighted by molar-refractivity contribution is 9.10. The zero-order chi connectivity index (χ0) is 13.7. The first-order chi connectivity index (χ1) is 9.16. The Morgan fingerprint density at radius 3 is 2.37 bits per heavy atom. The summed E-state index contributed by atoms with van der Waals surface area (Å²) < 4.78 is 0.828. The monoisotopic (exact) mass is 325 g/mol. The summed E-state index contributed by atoms with van der Waals surface area (Å²) in [6, 6.07) is 5.67. The van der Waals surface area contributed by atoms with Crippen LogP contribution >= 0.6 is 15.9 Å². The second kappa shape index (κ2) is 6.94. The fourth-order valence-electron chi connectivity index (χ4n) is 2.59. The van der Waals surface area contributed by atoms with Crippen LogP contribution in [0, 0.1) is 0 Å². The van der Waals surface area contributed by atoms with Crippen LogP contribution < -0.4 is 5.32 Å². The SMILES string of the molecule is O=C(O)c1ccc(NC2CCCCCCC2)c(Br)c1. The number of carboxylic acid groups (broad SMARTS) is 1. The maximum absolute atomic E-state index is 10.9. The van der Waals surface area contributed by atoms with Crippen molar-refractivity contribution in [2.45, 2.75) is 51.0 Å². The third-order valence-electron chi connectivity index (χ3n) is 3.68. The van der Waals surface area contributed by atoms with E-state index in [-0.39, 0.29) is 0 Å². The molecule has 0 amide bonds. The van der Waals surface area contributed by atoms with Gasteiger partial charge >= 0.3 is 5.97 Å². The minimum absolute atomic E-state index is 0.315. The molecule has 0 bridgehead atoms. The summed E-state index contributed by atoms with van der Waals surface area (Å²) in [5.41, 5.74) is 1.31. The zero-order valence-corrected chi connectivity index (χ0v) is 12.6. The van der Waals surface area contributed by atoms with Gasteiger partial charge in [-0.3, -0.25) is 0 Å². The molecule has 1 aliphatic rings. The number of nitrogens with one attached hydrogen (secondary N) is 1. The van der Waals surface area contributed by atoms with Crippen molar-refractivity contribution in [1.82, 2.24) is 0 Å². The van der Waals surface area contributed by atoms with Gasteiger partial charge in [0.05, 0.1) is 5.56 Å². The Morgan fingerprint density at radius 1 is 1.16 bits per heavy atom. The first-order valence-electron chi connectivity index (χ1n) is 6.96. The van der Waals surface area contributed by atoms with Crippen LogP contribution in [0.25, 0.3) is 0 Å². The van der Waals surface area contributed by atoms with Crippen molar-refractivity contribution >= 4 is 27.6 Å². The van der Waals surface area contributed by atoms with Crippen molar-refractivity contribution in [1.29, 1.82) is 0 Å². The normalized spacial score (nSPS) is 17.5. The van der Waals surface area contributed by atoms with E-state index in [9.17, 15) is 4.79 Å². The number of halogens is 1. The molecule has 0 unspecified atom stereocenters. The maximum atomic E-state index is 10.9. The molecule has 0 aromatic heterocycles. The summed E-state index contributed by atoms with van der Waals surface area (Å²) in [5.74, 6) is -0.891. The van der Waals surface area contributed by atoms with Crippen LogP contribution in [0.15, 0.2) is 22.7 Å². The Kier molecular flexibility index (Phi) is 5.25. The maximum Gasteiger partial charge on any atom is 0.335 e. The van der Waals surface area contributed by atoms with Gasteiger partial charge in [-0.1, -0.05) is 32.1 Å². The molecule has 0 saturated heterocycles. The van der Waals surface area contributed by atoms with Gasteiger partial charge in [0.1, 0.15) is 0 Å². The van der Waals surface area contributed by atoms with Crippen molar-refractivity contribution in [2.75, 3.05) is 5.32 Å². The minimum atomic E-state index is -0.891. The van der Waals surface area contributed by atoms with Crippen LogP contribution in [0.1, 0.15) is 55.3 Å². The van der Waals surface area contributed by atoms with Gasteiger partial charge < -0.3 is 10.4 Å². The summed E-state index contributed by atoms with van der Waals surface area (Å²) >= 11 is 3.45. The topological polar surface area (TPSA) is 49.3 Å². The first-order valence-corrected chi connectivity index (χ1v) is 7.75. The number of hydrogen-bond donors (Lipinski definition) is 2. The Balaban J connectivity index is 2.03. The molecule has 1 aliphatic carbocycles. The molecule has 4 heteroatoms. The summed E-state index contributed by atoms with van der Waals surface area (Å²) in [4.78, 5) is 10.9. The Bertz CT molecular complexity index is 440. The highest BCUT2D eigenvalue weighted by Crippen LogP contribution is 2.27. The van der Waals surface area contributed by atoms with E-state index in [1.54, 1.807) is 12.1 Å². The van der Waals surface area contributed by atoms with Crippen molar-refractivity contribution in [3.63, 3.8) is 0 Å². The van der Waals surface area contributed by atoms with Gasteiger partial charge in [0.15, 0.2) is 0 Å². The smallest absolute Gasteiger partial charge is 0.335 e. The lowest BCUT2D eigenvalue weighted by Crippen LogP contribution is -2.20. The van der Waals surface area contributed by atoms with Crippen LogP contribution in [-0.2, 0) is 0 Å². The Morgan fingerprint density at radius 2 is 1.79 bits per heavy atom. The zero-order valence-electron chi connectivity index (χ0n) is 11.0. The minimum Gasteiger partial charge on any atom is -0.478 e. The van der Waals surface area contributed by atoms with Gasteiger partial charge in [-0.05, 0) is 47.0 Å². The fourth-order valence-corrected chi connectivity index (χ4v) is 3.08. The molecule has 1 aromatic carbocycles. The standard InChI is InChI=1S/C15H20BrNO2/c16-13-10-11(15(18)19)8-9-14(13)17-12-6-4-2-1-3-5-7-12/h8-10,12,17H,1-7H2,(H,18,19). The van der Waals surface area contributed by atoms with Crippen molar-refractivity contribution in [3.8, 4) is 0 Å². The van der Waals surface area contributed by atoms with E-state index in [1.165, 1.54) is 44.9 Å². The first kappa shape index (κ1) is 14.4. The van der Waals surface area contributed by atoms with E-state index in [0.717, 1.165) is 10.2 Å². The lowest BCUT2D eigenvalue weighted by molar-refractivity contribution is 0.0697. The van der Waals surface area contributed by atoms with E-state index >= 15 is 0 Å². The summed E-state index contributed by atoms with van der Waals surface area (Å²) in [7, 11) is 0. The summed E-state index contributed by atoms with van der Waals surface area (Å²) in [6.45, 7) is 0. The molecule has 0 radical (unpaired) electrons. The van der Waals surface area contributed by atoms with Crippen LogP contribution in [0.3, 0.4) is 0 Å². The highest BCUT2D eigenvalue weighted by Gasteiger charge is 2.13. The van der Waals surface area contributed by atoms with Gasteiger partial charge in [0.25, 0.3) is 0 Å². The molecule has 19 heavy (non-hydrogen) atoms. The average Bonchev–Trinajstić information content (AvgIpc) is 2.34. The van der Waals surface area contributed by atoms with Gasteiger partial charge in [-0.15, -0.1) is 0 Å². The molecule has 1 aromatic rings. The quantitative estimate of drug-likeness (QED) is 0.848. The predicted molar refractivity (Wildman–Crippen MR) is 80.8 cm³/mol. The van der Waals surface area contributed by atoms with Crippen LogP contribution in [0.2, 0.25) is 0 Å². The van der Waals surface area contributed by atoms with Crippen molar-refractivity contribution in [3.05, 3.63) is 28.2 Å². The molecule has 0 aliphatic heterocycles. The molecule has 2 N–H and O–H groups in total. The van der Waals surface area contributed by atoms with E-state index in [0.29, 0.717) is 11.6 Å². The van der Waals surface area contributed by atoms with Crippen molar-refractivity contribution in [2.24, 2.45) is 0 Å². The molecule has 2 rings (SSSR count). The van der Waals surface area contributed by atoms with Crippen molar-refractivity contribution < 1.29 is 9.90 Å². The third-order valence-corrected chi connectivity index (χ3v) is 4.34. The molecular formula is C15H20BrNO2. The average molecular weight is 326 g/mol. The second-order valence-corrected chi connectivity index (χ2v) is 6.04. The number of carboxylic acids is 1. The van der Waals surface area contributed by atoms with Gasteiger partial charge in [0.2, 0.25) is 0 Å². The second-order valence-electron chi connectivity index (χ2n) is 5.19. The van der Waals surface area contributed by atoms with Crippen LogP contribution in [-0.4, -0.2) is 17.1 Å². The molecule has 0 atom stereocenters. The molecule has 1 fully saturated rings. The van der Waals surface area contributed by atoms with E-state index in [2.05, 4.69) is 21.2 Å². The fraction of sp³-hybridized carbons (Fsp3) is 0.533. The lowest BCUT2D eigenvalue weighted by Gasteiger charge is -2.23. The van der Waals surface area contributed by atoms with Gasteiger partial charge in [-0.25, -0.2) is 4.79 Å². The number of aromatic carboxylic acids is 1. The number of anilines is 1. The third kappa shape index (κ3) is 4.23. The molecule has 0 heterocycles. The van der Waals surface area contributed by atoms with Crippen LogP contribution in [0.5, 0.6) is 0 Å². The van der Waals surface area contributed by atoms with Gasteiger partial charge in [-0.2, -0.15) is 0 Å². The predicted octanol–water partition coefficient (Wildman–Crippen LogP) is 4.67. The Labute approximate surface area is 122 Å². The Hall–Kier alpha value is -1.03.